The minimum atomic E-state index is -0.979. The summed E-state index contributed by atoms with van der Waals surface area (Å²) in [7, 11) is 1.35. The highest BCUT2D eigenvalue weighted by Gasteiger charge is 2.17. The number of benzene rings is 1. The van der Waals surface area contributed by atoms with Crippen LogP contribution in [-0.2, 0) is 0 Å². The van der Waals surface area contributed by atoms with Crippen molar-refractivity contribution >= 4 is 35.1 Å². The van der Waals surface area contributed by atoms with E-state index in [1.54, 1.807) is 0 Å². The molecule has 110 valence electrons. The fourth-order valence-corrected chi connectivity index (χ4v) is 1.75. The van der Waals surface area contributed by atoms with Crippen LogP contribution in [0.5, 0.6) is 5.88 Å². The average Bonchev–Trinajstić information content (AvgIpc) is 2.42. The summed E-state index contributed by atoms with van der Waals surface area (Å²) >= 11 is 11.1. The molecule has 9 heteroatoms. The molecule has 1 aromatic carbocycles. The number of anilines is 1. The highest BCUT2D eigenvalue weighted by atomic mass is 35.5. The predicted molar refractivity (Wildman–Crippen MR) is 72.9 cm³/mol. The van der Waals surface area contributed by atoms with Crippen LogP contribution < -0.4 is 10.1 Å². The first-order valence-electron chi connectivity index (χ1n) is 5.45. The first-order valence-corrected chi connectivity index (χ1v) is 6.20. The van der Waals surface area contributed by atoms with Crippen LogP contribution >= 0.6 is 23.2 Å². The topological polar surface area (TPSA) is 64.1 Å². The van der Waals surface area contributed by atoms with Crippen molar-refractivity contribution in [1.29, 1.82) is 0 Å². The van der Waals surface area contributed by atoms with E-state index in [4.69, 9.17) is 27.9 Å². The van der Waals surface area contributed by atoms with Crippen molar-refractivity contribution in [2.24, 2.45) is 0 Å². The van der Waals surface area contributed by atoms with Crippen LogP contribution in [0.2, 0.25) is 10.2 Å². The Morgan fingerprint density at radius 2 is 1.90 bits per heavy atom. The van der Waals surface area contributed by atoms with Gasteiger partial charge in [-0.2, -0.15) is 4.98 Å². The van der Waals surface area contributed by atoms with Crippen LogP contribution in [0.15, 0.2) is 18.2 Å². The molecule has 1 aromatic heterocycles. The summed E-state index contributed by atoms with van der Waals surface area (Å²) in [6.07, 6.45) is 0. The molecular formula is C12H7Cl2F2N3O2. The van der Waals surface area contributed by atoms with Crippen molar-refractivity contribution in [2.45, 2.75) is 0 Å². The number of nitrogens with one attached hydrogen (secondary N) is 1. The Hall–Kier alpha value is -1.99. The zero-order valence-corrected chi connectivity index (χ0v) is 12.0. The van der Waals surface area contributed by atoms with E-state index in [0.29, 0.717) is 12.1 Å². The minimum absolute atomic E-state index is 0.0138. The third-order valence-electron chi connectivity index (χ3n) is 2.36. The number of nitrogens with zero attached hydrogens (tertiary/aromatic N) is 2. The molecule has 2 rings (SSSR count). The average molecular weight is 334 g/mol. The van der Waals surface area contributed by atoms with Crippen molar-refractivity contribution in [2.75, 3.05) is 12.4 Å². The second kappa shape index (κ2) is 6.19. The number of carbonyl (C=O) groups excluding carboxylic acids is 1. The molecule has 0 saturated carbocycles. The van der Waals surface area contributed by atoms with E-state index in [1.807, 2.05) is 0 Å². The monoisotopic (exact) mass is 333 g/mol. The van der Waals surface area contributed by atoms with Crippen molar-refractivity contribution < 1.29 is 18.3 Å². The molecule has 1 heterocycles. The maximum atomic E-state index is 13.6. The number of methoxy groups -OCH3 is 1. The lowest BCUT2D eigenvalue weighted by Crippen LogP contribution is -2.16. The normalized spacial score (nSPS) is 10.3. The molecule has 0 aliphatic heterocycles. The van der Waals surface area contributed by atoms with E-state index >= 15 is 0 Å². The van der Waals surface area contributed by atoms with Gasteiger partial charge in [0.1, 0.15) is 16.8 Å². The fraction of sp³-hybridized carbons (Fsp3) is 0.0833. The molecule has 5 nitrogen and oxygen atoms in total. The van der Waals surface area contributed by atoms with Gasteiger partial charge in [0.15, 0.2) is 0 Å². The number of amides is 1. The van der Waals surface area contributed by atoms with Gasteiger partial charge < -0.3 is 4.74 Å². The number of halogens is 4. The van der Waals surface area contributed by atoms with Crippen molar-refractivity contribution in [1.82, 2.24) is 9.97 Å². The van der Waals surface area contributed by atoms with Gasteiger partial charge in [-0.3, -0.25) is 10.1 Å². The lowest BCUT2D eigenvalue weighted by Gasteiger charge is -2.07. The van der Waals surface area contributed by atoms with Crippen LogP contribution in [0, 0.1) is 11.6 Å². The Kier molecular flexibility index (Phi) is 4.54. The molecule has 0 unspecified atom stereocenters. The third kappa shape index (κ3) is 3.56. The largest absolute Gasteiger partial charge is 0.481 e. The number of carbonyl (C=O) groups is 1. The molecule has 0 aliphatic rings. The van der Waals surface area contributed by atoms with Crippen LogP contribution in [0.4, 0.5) is 14.7 Å². The molecule has 1 amide bonds. The second-order valence-corrected chi connectivity index (χ2v) is 4.55. The number of aromatic nitrogens is 2. The zero-order chi connectivity index (χ0) is 15.6. The summed E-state index contributed by atoms with van der Waals surface area (Å²) in [5.74, 6) is -2.96. The van der Waals surface area contributed by atoms with E-state index in [9.17, 15) is 13.6 Å². The summed E-state index contributed by atoms with van der Waals surface area (Å²) in [5, 5.41) is 1.77. The standard InChI is InChI=1S/C12H7Cl2F2N3O2/c1-21-10-4-9(14)17-12(18-10)19-11(20)5-2-8(16)6(13)3-7(5)15/h2-4H,1H3,(H,17,18,19,20). The molecule has 0 saturated heterocycles. The Morgan fingerprint density at radius 1 is 1.19 bits per heavy atom. The highest BCUT2D eigenvalue weighted by molar-refractivity contribution is 6.31. The number of hydrogen-bond acceptors (Lipinski definition) is 4. The first kappa shape index (κ1) is 15.4. The molecule has 1 N–H and O–H groups in total. The Bertz CT molecular complexity index is 713. The van der Waals surface area contributed by atoms with E-state index in [-0.39, 0.29) is 17.0 Å². The predicted octanol–water partition coefficient (Wildman–Crippen LogP) is 3.32. The summed E-state index contributed by atoms with van der Waals surface area (Å²) < 4.78 is 31.7. The molecular weight excluding hydrogens is 327 g/mol. The van der Waals surface area contributed by atoms with Gasteiger partial charge in [0.2, 0.25) is 11.8 Å². The lowest BCUT2D eigenvalue weighted by atomic mass is 10.2. The first-order chi connectivity index (χ1) is 9.90. The minimum Gasteiger partial charge on any atom is -0.481 e. The Labute approximate surface area is 127 Å². The SMILES string of the molecule is COc1cc(Cl)nc(NC(=O)c2cc(F)c(Cl)cc2F)n1. The second-order valence-electron chi connectivity index (χ2n) is 3.76. The molecule has 0 bridgehead atoms. The molecule has 21 heavy (non-hydrogen) atoms. The molecule has 0 aliphatic carbocycles. The Balaban J connectivity index is 2.30. The fourth-order valence-electron chi connectivity index (χ4n) is 1.42. The molecule has 0 radical (unpaired) electrons. The summed E-state index contributed by atoms with van der Waals surface area (Å²) in [6.45, 7) is 0. The number of ether oxygens (including phenoxy) is 1. The van der Waals surface area contributed by atoms with Gasteiger partial charge in [-0.15, -0.1) is 0 Å². The van der Waals surface area contributed by atoms with Gasteiger partial charge >= 0.3 is 0 Å². The van der Waals surface area contributed by atoms with E-state index in [0.717, 1.165) is 0 Å². The maximum Gasteiger partial charge on any atom is 0.261 e. The van der Waals surface area contributed by atoms with Crippen LogP contribution in [0.25, 0.3) is 0 Å². The van der Waals surface area contributed by atoms with Gasteiger partial charge in [0.05, 0.1) is 17.7 Å². The number of rotatable bonds is 3. The maximum absolute atomic E-state index is 13.6. The third-order valence-corrected chi connectivity index (χ3v) is 2.84. The summed E-state index contributed by atoms with van der Waals surface area (Å²) in [5.41, 5.74) is -0.542. The van der Waals surface area contributed by atoms with Gasteiger partial charge in [0, 0.05) is 6.07 Å². The van der Waals surface area contributed by atoms with Crippen molar-refractivity contribution in [3.8, 4) is 5.88 Å². The van der Waals surface area contributed by atoms with Gasteiger partial charge in [-0.1, -0.05) is 23.2 Å². The molecule has 0 fully saturated rings. The van der Waals surface area contributed by atoms with Crippen molar-refractivity contribution in [3.05, 3.63) is 45.6 Å². The summed E-state index contributed by atoms with van der Waals surface area (Å²) in [6, 6.07) is 2.69. The number of hydrogen-bond donors (Lipinski definition) is 1. The highest BCUT2D eigenvalue weighted by Crippen LogP contribution is 2.21. The van der Waals surface area contributed by atoms with Crippen LogP contribution in [0.3, 0.4) is 0 Å². The molecule has 2 aromatic rings. The van der Waals surface area contributed by atoms with E-state index in [1.165, 1.54) is 13.2 Å². The van der Waals surface area contributed by atoms with Gasteiger partial charge in [-0.05, 0) is 12.1 Å². The lowest BCUT2D eigenvalue weighted by molar-refractivity contribution is 0.102. The molecule has 0 spiro atoms. The van der Waals surface area contributed by atoms with Gasteiger partial charge in [0.25, 0.3) is 5.91 Å². The Morgan fingerprint density at radius 3 is 2.57 bits per heavy atom. The van der Waals surface area contributed by atoms with Crippen molar-refractivity contribution in [3.63, 3.8) is 0 Å². The van der Waals surface area contributed by atoms with E-state index < -0.39 is 28.1 Å². The van der Waals surface area contributed by atoms with E-state index in [2.05, 4.69) is 15.3 Å². The van der Waals surface area contributed by atoms with Crippen LogP contribution in [-0.4, -0.2) is 23.0 Å². The molecule has 0 atom stereocenters. The quantitative estimate of drug-likeness (QED) is 0.691. The van der Waals surface area contributed by atoms with Crippen LogP contribution in [0.1, 0.15) is 10.4 Å². The summed E-state index contributed by atoms with van der Waals surface area (Å²) in [4.78, 5) is 19.4. The zero-order valence-electron chi connectivity index (χ0n) is 10.5. The van der Waals surface area contributed by atoms with Gasteiger partial charge in [-0.25, -0.2) is 13.8 Å². The smallest absolute Gasteiger partial charge is 0.261 e.